The highest BCUT2D eigenvalue weighted by atomic mass is 16.5. The van der Waals surface area contributed by atoms with Gasteiger partial charge in [-0.2, -0.15) is 0 Å². The van der Waals surface area contributed by atoms with E-state index in [0.717, 1.165) is 28.1 Å². The van der Waals surface area contributed by atoms with Crippen LogP contribution in [0.1, 0.15) is 33.1 Å². The van der Waals surface area contributed by atoms with Gasteiger partial charge in [0.25, 0.3) is 6.33 Å². The number of rotatable bonds is 8. The molecular formula is C56H40N4O. The third-order valence-electron chi connectivity index (χ3n) is 10.6. The van der Waals surface area contributed by atoms with Crippen LogP contribution in [0.25, 0.3) is 83.4 Å². The zero-order valence-electron chi connectivity index (χ0n) is 48.1. The largest absolute Gasteiger partial charge is 0.458 e. The Hall–Kier alpha value is -8.02. The number of pyridine rings is 1. The molecule has 0 atom stereocenters. The van der Waals surface area contributed by atoms with Gasteiger partial charge in [-0.15, -0.1) is 0 Å². The number of nitrogens with zero attached hydrogens (tertiary/aromatic N) is 4. The lowest BCUT2D eigenvalue weighted by Crippen LogP contribution is -2.31. The van der Waals surface area contributed by atoms with Gasteiger partial charge >= 0.3 is 0 Å². The number of para-hydroxylation sites is 3. The van der Waals surface area contributed by atoms with Crippen LogP contribution in [0, 0.1) is 20.0 Å². The number of aromatic nitrogens is 4. The van der Waals surface area contributed by atoms with Gasteiger partial charge in [0.1, 0.15) is 17.3 Å². The highest BCUT2D eigenvalue weighted by Crippen LogP contribution is 2.38. The van der Waals surface area contributed by atoms with Crippen LogP contribution < -0.4 is 9.30 Å². The Bertz CT molecular complexity index is 4100. The number of fused-ring (bicyclic) bond motifs is 4. The molecule has 8 aromatic carbocycles. The van der Waals surface area contributed by atoms with Crippen LogP contribution in [0.5, 0.6) is 11.5 Å². The molecule has 0 saturated heterocycles. The highest BCUT2D eigenvalue weighted by molar-refractivity contribution is 6.10. The molecular weight excluding hydrogens is 745 g/mol. The molecule has 5 nitrogen and oxygen atoms in total. The van der Waals surface area contributed by atoms with E-state index in [1.54, 1.807) is 80.4 Å². The molecule has 0 aliphatic rings. The molecule has 0 unspecified atom stereocenters. The summed E-state index contributed by atoms with van der Waals surface area (Å²) >= 11 is 0. The predicted octanol–water partition coefficient (Wildman–Crippen LogP) is 13.6. The summed E-state index contributed by atoms with van der Waals surface area (Å²) in [6.07, 6.45) is 4.49. The van der Waals surface area contributed by atoms with E-state index in [4.69, 9.17) is 26.7 Å². The number of benzene rings is 8. The van der Waals surface area contributed by atoms with Gasteiger partial charge in [0.15, 0.2) is 0 Å². The Kier molecular flexibility index (Phi) is 5.63. The highest BCUT2D eigenvalue weighted by Gasteiger charge is 2.20. The lowest BCUT2D eigenvalue weighted by Gasteiger charge is -2.17. The first-order valence-electron chi connectivity index (χ1n) is 27.3. The average molecular weight is 801 g/mol. The standard InChI is InChI=1S/C56H40N4O/c1-38-32-55(57-36-39(38)2)60-51-31-28-43(40-16-6-3-7-17-40)33-50(51)49-30-29-46(35-54(49)60)61-45-23-14-22-44(34-45)58-37-59(53-27-13-12-26-52(53)58)56-47(41-18-8-4-9-19-41)24-15-25-48(56)42-20-10-5-11-21-42/h3-36H,1-2H3/i1D3,2D3,4D,5D,8D,9D,10D,11D,18D,19D,20D,21D. The normalized spacial score (nSPS) is 15.6. The van der Waals surface area contributed by atoms with Crippen molar-refractivity contribution in [3.8, 4) is 62.1 Å². The molecule has 5 heteroatoms. The SMILES string of the molecule is [2H]c1c([2H])c([2H])c(-c2cccc(-c3c([2H])c([2H])c([2H])c([2H])c3[2H])c2-[n+]2[c-]n(-c3cccc(Oc4ccc5c6cc(-c7ccccc7)ccc6n(-c6cc(C([2H])([2H])[2H])c(C([2H])([2H])[2H])cn6)c5c4)c3)c3ccccc32)c([2H])c1[2H]. The monoisotopic (exact) mass is 800 g/mol. The summed E-state index contributed by atoms with van der Waals surface area (Å²) in [5.41, 5.74) is 4.02. The summed E-state index contributed by atoms with van der Waals surface area (Å²) in [4.78, 5) is 4.55. The van der Waals surface area contributed by atoms with E-state index in [-0.39, 0.29) is 44.9 Å². The van der Waals surface area contributed by atoms with E-state index >= 15 is 0 Å². The second kappa shape index (κ2) is 15.0. The molecule has 0 aliphatic heterocycles. The predicted molar refractivity (Wildman–Crippen MR) is 248 cm³/mol. The second-order valence-corrected chi connectivity index (χ2v) is 14.3. The van der Waals surface area contributed by atoms with E-state index in [0.29, 0.717) is 39.3 Å². The van der Waals surface area contributed by atoms with E-state index in [1.807, 2.05) is 60.7 Å². The molecule has 0 spiro atoms. The molecule has 0 aliphatic carbocycles. The van der Waals surface area contributed by atoms with Gasteiger partial charge in [0.05, 0.1) is 47.1 Å². The van der Waals surface area contributed by atoms with Gasteiger partial charge in [-0.25, -0.2) is 4.98 Å². The molecule has 0 bridgehead atoms. The fraction of sp³-hybridized carbons (Fsp3) is 0.0357. The van der Waals surface area contributed by atoms with Gasteiger partial charge < -0.3 is 4.74 Å². The molecule has 0 N–H and O–H groups in total. The van der Waals surface area contributed by atoms with Gasteiger partial charge in [0.2, 0.25) is 0 Å². The maximum absolute atomic E-state index is 9.02. The van der Waals surface area contributed by atoms with Crippen molar-refractivity contribution in [3.63, 3.8) is 0 Å². The maximum atomic E-state index is 9.02. The Balaban J connectivity index is 1.08. The molecule has 3 heterocycles. The zero-order valence-corrected chi connectivity index (χ0v) is 32.1. The fourth-order valence-electron chi connectivity index (χ4n) is 7.88. The van der Waals surface area contributed by atoms with Gasteiger partial charge in [-0.1, -0.05) is 145 Å². The van der Waals surface area contributed by atoms with E-state index in [9.17, 15) is 0 Å². The number of aryl methyl sites for hydroxylation is 2. The molecule has 290 valence electrons. The van der Waals surface area contributed by atoms with Crippen LogP contribution in [0.3, 0.4) is 0 Å². The maximum Gasteiger partial charge on any atom is 0.269 e. The van der Waals surface area contributed by atoms with Gasteiger partial charge in [0, 0.05) is 31.3 Å². The zero-order chi connectivity index (χ0) is 54.6. The minimum absolute atomic E-state index is 0.106. The van der Waals surface area contributed by atoms with Crippen LogP contribution in [0.15, 0.2) is 206 Å². The van der Waals surface area contributed by atoms with Crippen molar-refractivity contribution in [1.82, 2.24) is 14.1 Å². The minimum atomic E-state index is -2.78. The Morgan fingerprint density at radius 3 is 2.05 bits per heavy atom. The van der Waals surface area contributed by atoms with Gasteiger partial charge in [-0.05, 0) is 107 Å². The third-order valence-corrected chi connectivity index (χ3v) is 10.6. The lowest BCUT2D eigenvalue weighted by atomic mass is 9.95. The number of hydrogen-bond donors (Lipinski definition) is 0. The molecule has 0 fully saturated rings. The van der Waals surface area contributed by atoms with Gasteiger partial charge in [-0.3, -0.25) is 13.7 Å². The number of imidazole rings is 1. The van der Waals surface area contributed by atoms with Crippen molar-refractivity contribution in [3.05, 3.63) is 224 Å². The van der Waals surface area contributed by atoms with Crippen LogP contribution in [-0.4, -0.2) is 14.1 Å². The summed E-state index contributed by atoms with van der Waals surface area (Å²) in [5, 5.41) is 1.60. The first kappa shape index (κ1) is 22.9. The van der Waals surface area contributed by atoms with Crippen LogP contribution in [0.2, 0.25) is 0 Å². The molecule has 11 rings (SSSR count). The molecule has 61 heavy (non-hydrogen) atoms. The summed E-state index contributed by atoms with van der Waals surface area (Å²) < 4.78 is 148. The fourth-order valence-corrected chi connectivity index (χ4v) is 7.88. The Morgan fingerprint density at radius 2 is 1.28 bits per heavy atom. The van der Waals surface area contributed by atoms with E-state index < -0.39 is 74.1 Å². The van der Waals surface area contributed by atoms with E-state index in [1.165, 1.54) is 12.1 Å². The first-order chi connectivity index (χ1) is 36.6. The smallest absolute Gasteiger partial charge is 0.269 e. The summed E-state index contributed by atoms with van der Waals surface area (Å²) in [5.74, 6) is 0.934. The molecule has 0 radical (unpaired) electrons. The summed E-state index contributed by atoms with van der Waals surface area (Å²) in [7, 11) is 0. The second-order valence-electron chi connectivity index (χ2n) is 14.3. The van der Waals surface area contributed by atoms with Crippen molar-refractivity contribution < 1.29 is 31.2 Å². The summed E-state index contributed by atoms with van der Waals surface area (Å²) in [6, 6.07) is 35.8. The topological polar surface area (TPSA) is 35.9 Å². The summed E-state index contributed by atoms with van der Waals surface area (Å²) in [6.45, 7) is -5.51. The molecule has 0 amide bonds. The van der Waals surface area contributed by atoms with Crippen molar-refractivity contribution in [2.45, 2.75) is 13.7 Å². The quantitative estimate of drug-likeness (QED) is 0.113. The van der Waals surface area contributed by atoms with Crippen molar-refractivity contribution >= 4 is 32.8 Å². The van der Waals surface area contributed by atoms with Crippen molar-refractivity contribution in [2.24, 2.45) is 0 Å². The Morgan fingerprint density at radius 1 is 0.557 bits per heavy atom. The average Bonchev–Trinajstić information content (AvgIpc) is 4.03. The van der Waals surface area contributed by atoms with Crippen molar-refractivity contribution in [2.75, 3.05) is 0 Å². The number of ether oxygens (including phenoxy) is 1. The Labute approximate surface area is 377 Å². The van der Waals surface area contributed by atoms with Crippen LogP contribution in [0.4, 0.5) is 0 Å². The first-order valence-corrected chi connectivity index (χ1v) is 19.3. The van der Waals surface area contributed by atoms with Crippen molar-refractivity contribution in [1.29, 1.82) is 0 Å². The van der Waals surface area contributed by atoms with E-state index in [2.05, 4.69) is 11.3 Å². The third kappa shape index (κ3) is 6.44. The molecule has 3 aromatic heterocycles. The van der Waals surface area contributed by atoms with Crippen LogP contribution in [-0.2, 0) is 0 Å². The molecule has 0 saturated carbocycles. The lowest BCUT2D eigenvalue weighted by molar-refractivity contribution is -0.571. The molecule has 11 aromatic rings. The minimum Gasteiger partial charge on any atom is -0.458 e. The number of hydrogen-bond acceptors (Lipinski definition) is 2. The van der Waals surface area contributed by atoms with Crippen LogP contribution >= 0.6 is 0 Å².